The maximum atomic E-state index is 12.1. The molecule has 18 heavy (non-hydrogen) atoms. The highest BCUT2D eigenvalue weighted by atomic mass is 16.6. The van der Waals surface area contributed by atoms with Crippen LogP contribution in [0.15, 0.2) is 0 Å². The summed E-state index contributed by atoms with van der Waals surface area (Å²) in [5, 5.41) is 9.12. The lowest BCUT2D eigenvalue weighted by Gasteiger charge is -2.36. The van der Waals surface area contributed by atoms with Crippen LogP contribution in [0.3, 0.4) is 0 Å². The fourth-order valence-electron chi connectivity index (χ4n) is 2.41. The van der Waals surface area contributed by atoms with Crippen LogP contribution in [0.5, 0.6) is 0 Å². The SMILES string of the molecule is CC1CCC(N(CCO)C(=O)OC(C)(C)C)CC1. The van der Waals surface area contributed by atoms with E-state index in [2.05, 4.69) is 6.92 Å². The van der Waals surface area contributed by atoms with Crippen molar-refractivity contribution in [2.24, 2.45) is 5.92 Å². The molecule has 1 saturated carbocycles. The predicted octanol–water partition coefficient (Wildman–Crippen LogP) is 2.79. The third-order valence-electron chi connectivity index (χ3n) is 3.40. The number of hydrogen-bond donors (Lipinski definition) is 1. The number of carbonyl (C=O) groups is 1. The van der Waals surface area contributed by atoms with Crippen LogP contribution in [0.1, 0.15) is 53.4 Å². The number of aliphatic hydroxyl groups excluding tert-OH is 1. The molecule has 0 atom stereocenters. The van der Waals surface area contributed by atoms with Gasteiger partial charge in [0.2, 0.25) is 0 Å². The second-order valence-corrected chi connectivity index (χ2v) is 6.31. The molecule has 0 saturated heterocycles. The van der Waals surface area contributed by atoms with Crippen molar-refractivity contribution in [1.29, 1.82) is 0 Å². The smallest absolute Gasteiger partial charge is 0.410 e. The number of nitrogens with zero attached hydrogens (tertiary/aromatic N) is 1. The number of aliphatic hydroxyl groups is 1. The summed E-state index contributed by atoms with van der Waals surface area (Å²) < 4.78 is 5.41. The molecule has 0 heterocycles. The Morgan fingerprint density at radius 1 is 1.28 bits per heavy atom. The van der Waals surface area contributed by atoms with Gasteiger partial charge < -0.3 is 14.7 Å². The molecule has 0 radical (unpaired) electrons. The molecule has 4 nitrogen and oxygen atoms in total. The second-order valence-electron chi connectivity index (χ2n) is 6.31. The number of ether oxygens (including phenoxy) is 1. The van der Waals surface area contributed by atoms with E-state index in [1.807, 2.05) is 20.8 Å². The van der Waals surface area contributed by atoms with Crippen molar-refractivity contribution in [1.82, 2.24) is 4.90 Å². The summed E-state index contributed by atoms with van der Waals surface area (Å²) in [7, 11) is 0. The Kier molecular flexibility index (Phi) is 5.45. The monoisotopic (exact) mass is 257 g/mol. The predicted molar refractivity (Wildman–Crippen MR) is 71.4 cm³/mol. The maximum absolute atomic E-state index is 12.1. The standard InChI is InChI=1S/C14H27NO3/c1-11-5-7-12(8-6-11)15(9-10-16)13(17)18-14(2,3)4/h11-12,16H,5-10H2,1-4H3. The quantitative estimate of drug-likeness (QED) is 0.845. The van der Waals surface area contributed by atoms with E-state index < -0.39 is 5.60 Å². The van der Waals surface area contributed by atoms with Gasteiger partial charge in [-0.25, -0.2) is 4.79 Å². The van der Waals surface area contributed by atoms with E-state index in [1.165, 1.54) is 0 Å². The van der Waals surface area contributed by atoms with Crippen molar-refractivity contribution >= 4 is 6.09 Å². The molecule has 0 unspecified atom stereocenters. The largest absolute Gasteiger partial charge is 0.444 e. The molecular weight excluding hydrogens is 230 g/mol. The second kappa shape index (κ2) is 6.41. The van der Waals surface area contributed by atoms with Crippen LogP contribution in [0.4, 0.5) is 4.79 Å². The average molecular weight is 257 g/mol. The molecular formula is C14H27NO3. The molecule has 0 aromatic rings. The maximum Gasteiger partial charge on any atom is 0.410 e. The molecule has 4 heteroatoms. The Hall–Kier alpha value is -0.770. The molecule has 106 valence electrons. The minimum Gasteiger partial charge on any atom is -0.444 e. The molecule has 1 fully saturated rings. The van der Waals surface area contributed by atoms with Crippen LogP contribution in [0.25, 0.3) is 0 Å². The van der Waals surface area contributed by atoms with Crippen LogP contribution in [0, 0.1) is 5.92 Å². The third kappa shape index (κ3) is 4.84. The molecule has 1 N–H and O–H groups in total. The van der Waals surface area contributed by atoms with Gasteiger partial charge in [-0.3, -0.25) is 0 Å². The first kappa shape index (κ1) is 15.3. The highest BCUT2D eigenvalue weighted by Crippen LogP contribution is 2.27. The summed E-state index contributed by atoms with van der Waals surface area (Å²) in [6, 6.07) is 0.225. The lowest BCUT2D eigenvalue weighted by atomic mass is 9.87. The normalized spacial score (nSPS) is 24.7. The Labute approximate surface area is 110 Å². The van der Waals surface area contributed by atoms with Gasteiger partial charge in [0.15, 0.2) is 0 Å². The van der Waals surface area contributed by atoms with Crippen molar-refractivity contribution < 1.29 is 14.6 Å². The van der Waals surface area contributed by atoms with Crippen LogP contribution < -0.4 is 0 Å². The Bertz CT molecular complexity index is 265. The van der Waals surface area contributed by atoms with Crippen molar-refractivity contribution in [3.63, 3.8) is 0 Å². The van der Waals surface area contributed by atoms with Gasteiger partial charge in [0.05, 0.1) is 6.61 Å². The Morgan fingerprint density at radius 2 is 1.83 bits per heavy atom. The summed E-state index contributed by atoms with van der Waals surface area (Å²) >= 11 is 0. The summed E-state index contributed by atoms with van der Waals surface area (Å²) in [4.78, 5) is 13.8. The van der Waals surface area contributed by atoms with Crippen LogP contribution in [-0.4, -0.2) is 40.9 Å². The first-order valence-electron chi connectivity index (χ1n) is 6.94. The number of rotatable bonds is 3. The van der Waals surface area contributed by atoms with E-state index >= 15 is 0 Å². The number of amides is 1. The van der Waals surface area contributed by atoms with Crippen molar-refractivity contribution in [3.05, 3.63) is 0 Å². The van der Waals surface area contributed by atoms with Crippen LogP contribution in [-0.2, 0) is 4.74 Å². The van der Waals surface area contributed by atoms with E-state index in [1.54, 1.807) is 4.90 Å². The average Bonchev–Trinajstić information content (AvgIpc) is 2.25. The summed E-state index contributed by atoms with van der Waals surface area (Å²) in [6.45, 7) is 8.21. The molecule has 0 aromatic heterocycles. The fraction of sp³-hybridized carbons (Fsp3) is 0.929. The third-order valence-corrected chi connectivity index (χ3v) is 3.40. The van der Waals surface area contributed by atoms with Gasteiger partial charge in [-0.2, -0.15) is 0 Å². The van der Waals surface area contributed by atoms with Crippen molar-refractivity contribution in [2.75, 3.05) is 13.2 Å². The molecule has 0 aromatic carbocycles. The van der Waals surface area contributed by atoms with Gasteiger partial charge in [0.1, 0.15) is 5.60 Å². The Morgan fingerprint density at radius 3 is 2.28 bits per heavy atom. The highest BCUT2D eigenvalue weighted by molar-refractivity contribution is 5.68. The van der Waals surface area contributed by atoms with Gasteiger partial charge >= 0.3 is 6.09 Å². The highest BCUT2D eigenvalue weighted by Gasteiger charge is 2.30. The number of hydrogen-bond acceptors (Lipinski definition) is 3. The number of carbonyl (C=O) groups excluding carboxylic acids is 1. The summed E-state index contributed by atoms with van der Waals surface area (Å²) in [5.41, 5.74) is -0.479. The van der Waals surface area contributed by atoms with Gasteiger partial charge in [0.25, 0.3) is 0 Å². The first-order chi connectivity index (χ1) is 8.33. The minimum absolute atomic E-state index is 0.00863. The zero-order valence-corrected chi connectivity index (χ0v) is 12.1. The first-order valence-corrected chi connectivity index (χ1v) is 6.94. The molecule has 1 rings (SSSR count). The molecule has 0 spiro atoms. The summed E-state index contributed by atoms with van der Waals surface area (Å²) in [5.74, 6) is 0.746. The van der Waals surface area contributed by atoms with E-state index in [-0.39, 0.29) is 18.7 Å². The summed E-state index contributed by atoms with van der Waals surface area (Å²) in [6.07, 6.45) is 4.03. The molecule has 0 bridgehead atoms. The minimum atomic E-state index is -0.479. The lowest BCUT2D eigenvalue weighted by molar-refractivity contribution is 0.00668. The van der Waals surface area contributed by atoms with Gasteiger partial charge in [-0.05, 0) is 52.4 Å². The fourth-order valence-corrected chi connectivity index (χ4v) is 2.41. The van der Waals surface area contributed by atoms with Crippen molar-refractivity contribution in [3.8, 4) is 0 Å². The lowest BCUT2D eigenvalue weighted by Crippen LogP contribution is -2.46. The molecule has 1 aliphatic rings. The zero-order chi connectivity index (χ0) is 13.8. The van der Waals surface area contributed by atoms with Crippen LogP contribution >= 0.6 is 0 Å². The van der Waals surface area contributed by atoms with E-state index in [0.29, 0.717) is 6.54 Å². The van der Waals surface area contributed by atoms with Crippen LogP contribution in [0.2, 0.25) is 0 Å². The topological polar surface area (TPSA) is 49.8 Å². The zero-order valence-electron chi connectivity index (χ0n) is 12.1. The molecule has 0 aliphatic heterocycles. The molecule has 1 aliphatic carbocycles. The Balaban J connectivity index is 2.61. The van der Waals surface area contributed by atoms with Crippen molar-refractivity contribution in [2.45, 2.75) is 65.0 Å². The van der Waals surface area contributed by atoms with E-state index in [9.17, 15) is 4.79 Å². The van der Waals surface area contributed by atoms with E-state index in [0.717, 1.165) is 31.6 Å². The van der Waals surface area contributed by atoms with Gasteiger partial charge in [0, 0.05) is 12.6 Å². The molecule has 1 amide bonds. The van der Waals surface area contributed by atoms with Gasteiger partial charge in [-0.1, -0.05) is 6.92 Å². The van der Waals surface area contributed by atoms with Gasteiger partial charge in [-0.15, -0.1) is 0 Å². The van der Waals surface area contributed by atoms with E-state index in [4.69, 9.17) is 9.84 Å².